The fourth-order valence-electron chi connectivity index (χ4n) is 4.96. The van der Waals surface area contributed by atoms with Gasteiger partial charge in [0.2, 0.25) is 0 Å². The lowest BCUT2D eigenvalue weighted by Crippen LogP contribution is -2.30. The fraction of sp³-hybridized carbons (Fsp3) is 0.250. The molecule has 1 fully saturated rings. The Kier molecular flexibility index (Phi) is 6.61. The van der Waals surface area contributed by atoms with Crippen LogP contribution in [0.4, 0.5) is 5.69 Å². The monoisotopic (exact) mass is 499 g/mol. The summed E-state index contributed by atoms with van der Waals surface area (Å²) in [5.41, 5.74) is 6.42. The molecule has 0 amide bonds. The lowest BCUT2D eigenvalue weighted by molar-refractivity contribution is 0.403. The molecule has 2 atom stereocenters. The molecule has 0 saturated carbocycles. The van der Waals surface area contributed by atoms with Crippen molar-refractivity contribution in [3.05, 3.63) is 101 Å². The Bertz CT molecular complexity index is 1370. The van der Waals surface area contributed by atoms with Gasteiger partial charge in [0.05, 0.1) is 37.7 Å². The standard InChI is InChI=1S/C28H29N5O2S/c1-18-14-22(19(2)32(18)17-20-8-7-12-29-16-20)27-26(23-9-5-6-13-30-23)31-28(36)33(27)24-15-21(34-3)10-11-25(24)35-4/h5-16,26-27H,17H2,1-4H3,(H,31,36)/t26-,27+/m1/s1. The van der Waals surface area contributed by atoms with Crippen molar-refractivity contribution in [3.63, 3.8) is 0 Å². The van der Waals surface area contributed by atoms with E-state index in [2.05, 4.69) is 50.7 Å². The minimum atomic E-state index is -0.151. The van der Waals surface area contributed by atoms with Gasteiger partial charge in [-0.1, -0.05) is 12.1 Å². The second-order valence-corrected chi connectivity index (χ2v) is 9.19. The van der Waals surface area contributed by atoms with Crippen LogP contribution in [0.25, 0.3) is 0 Å². The van der Waals surface area contributed by atoms with Crippen molar-refractivity contribution in [1.82, 2.24) is 19.9 Å². The number of nitrogens with one attached hydrogen (secondary N) is 1. The molecule has 0 spiro atoms. The van der Waals surface area contributed by atoms with Gasteiger partial charge in [-0.25, -0.2) is 0 Å². The van der Waals surface area contributed by atoms with Crippen LogP contribution in [-0.2, 0) is 6.54 Å². The summed E-state index contributed by atoms with van der Waals surface area (Å²) in [6, 6.07) is 17.8. The summed E-state index contributed by atoms with van der Waals surface area (Å²) in [5.74, 6) is 1.45. The summed E-state index contributed by atoms with van der Waals surface area (Å²) in [4.78, 5) is 11.1. The van der Waals surface area contributed by atoms with Gasteiger partial charge in [0.15, 0.2) is 5.11 Å². The number of anilines is 1. The van der Waals surface area contributed by atoms with Crippen LogP contribution in [0.1, 0.15) is 40.3 Å². The van der Waals surface area contributed by atoms with Gasteiger partial charge in [-0.3, -0.25) is 9.97 Å². The molecule has 1 saturated heterocycles. The number of hydrogen-bond acceptors (Lipinski definition) is 5. The first kappa shape index (κ1) is 23.8. The van der Waals surface area contributed by atoms with Crippen LogP contribution in [0.5, 0.6) is 11.5 Å². The number of aromatic nitrogens is 3. The molecule has 36 heavy (non-hydrogen) atoms. The summed E-state index contributed by atoms with van der Waals surface area (Å²) in [7, 11) is 3.33. The molecule has 1 aliphatic heterocycles. The van der Waals surface area contributed by atoms with E-state index >= 15 is 0 Å². The highest BCUT2D eigenvalue weighted by Crippen LogP contribution is 2.46. The average molecular weight is 500 g/mol. The van der Waals surface area contributed by atoms with Gasteiger partial charge in [0.1, 0.15) is 11.5 Å². The lowest BCUT2D eigenvalue weighted by Gasteiger charge is -2.29. The van der Waals surface area contributed by atoms with Crippen LogP contribution in [0.3, 0.4) is 0 Å². The van der Waals surface area contributed by atoms with Crippen molar-refractivity contribution in [2.75, 3.05) is 19.1 Å². The van der Waals surface area contributed by atoms with Crippen LogP contribution >= 0.6 is 12.2 Å². The topological polar surface area (TPSA) is 64.4 Å². The first-order valence-electron chi connectivity index (χ1n) is 11.8. The van der Waals surface area contributed by atoms with Crippen molar-refractivity contribution in [3.8, 4) is 11.5 Å². The maximum absolute atomic E-state index is 5.93. The number of benzene rings is 1. The summed E-state index contributed by atoms with van der Waals surface area (Å²) in [6.45, 7) is 5.04. The van der Waals surface area contributed by atoms with Crippen molar-refractivity contribution in [2.24, 2.45) is 0 Å². The molecule has 8 heteroatoms. The Labute approximate surface area is 216 Å². The van der Waals surface area contributed by atoms with E-state index < -0.39 is 0 Å². The van der Waals surface area contributed by atoms with Gasteiger partial charge in [-0.05, 0) is 73.6 Å². The zero-order valence-corrected chi connectivity index (χ0v) is 21.6. The van der Waals surface area contributed by atoms with Crippen molar-refractivity contribution in [2.45, 2.75) is 32.5 Å². The smallest absolute Gasteiger partial charge is 0.174 e. The number of pyridine rings is 2. The third-order valence-electron chi connectivity index (χ3n) is 6.74. The molecule has 4 heterocycles. The molecule has 7 nitrogen and oxygen atoms in total. The van der Waals surface area contributed by atoms with Gasteiger partial charge >= 0.3 is 0 Å². The Balaban J connectivity index is 1.66. The maximum atomic E-state index is 5.93. The van der Waals surface area contributed by atoms with E-state index in [1.807, 2.05) is 54.9 Å². The highest BCUT2D eigenvalue weighted by Gasteiger charge is 2.43. The third-order valence-corrected chi connectivity index (χ3v) is 7.05. The van der Waals surface area contributed by atoms with E-state index in [0.717, 1.165) is 35.0 Å². The quantitative estimate of drug-likeness (QED) is 0.353. The van der Waals surface area contributed by atoms with E-state index in [-0.39, 0.29) is 12.1 Å². The molecular formula is C28H29N5O2S. The zero-order valence-electron chi connectivity index (χ0n) is 20.8. The number of nitrogens with zero attached hydrogens (tertiary/aromatic N) is 4. The van der Waals surface area contributed by atoms with Crippen LogP contribution in [0, 0.1) is 13.8 Å². The predicted molar refractivity (Wildman–Crippen MR) is 145 cm³/mol. The third kappa shape index (κ3) is 4.28. The SMILES string of the molecule is COc1ccc(OC)c(N2C(=S)N[C@H](c3ccccn3)[C@@H]2c2cc(C)n(Cc3cccnc3)c2C)c1. The van der Waals surface area contributed by atoms with Gasteiger partial charge in [0, 0.05) is 42.6 Å². The first-order chi connectivity index (χ1) is 17.5. The number of hydrogen-bond donors (Lipinski definition) is 1. The van der Waals surface area contributed by atoms with Crippen molar-refractivity contribution < 1.29 is 9.47 Å². The Hall–Kier alpha value is -3.91. The van der Waals surface area contributed by atoms with Crippen molar-refractivity contribution >= 4 is 23.0 Å². The minimum absolute atomic E-state index is 0.151. The van der Waals surface area contributed by atoms with Gasteiger partial charge in [-0.15, -0.1) is 0 Å². The van der Waals surface area contributed by atoms with E-state index in [9.17, 15) is 0 Å². The molecule has 1 aliphatic rings. The molecule has 4 aromatic rings. The maximum Gasteiger partial charge on any atom is 0.174 e. The molecule has 0 bridgehead atoms. The van der Waals surface area contributed by atoms with Gasteiger partial charge in [0.25, 0.3) is 0 Å². The molecule has 0 aliphatic carbocycles. The number of methoxy groups -OCH3 is 2. The Morgan fingerprint density at radius 2 is 1.86 bits per heavy atom. The van der Waals surface area contributed by atoms with Crippen molar-refractivity contribution in [1.29, 1.82) is 0 Å². The van der Waals surface area contributed by atoms with Crippen LogP contribution in [-0.4, -0.2) is 33.9 Å². The highest BCUT2D eigenvalue weighted by atomic mass is 32.1. The van der Waals surface area contributed by atoms with Crippen LogP contribution in [0.15, 0.2) is 73.2 Å². The Morgan fingerprint density at radius 1 is 1.00 bits per heavy atom. The normalized spacial score (nSPS) is 17.2. The highest BCUT2D eigenvalue weighted by molar-refractivity contribution is 7.80. The summed E-state index contributed by atoms with van der Waals surface area (Å²) in [5, 5.41) is 4.15. The van der Waals surface area contributed by atoms with E-state index in [4.69, 9.17) is 21.7 Å². The molecule has 0 unspecified atom stereocenters. The molecular weight excluding hydrogens is 470 g/mol. The van der Waals surface area contributed by atoms with E-state index in [0.29, 0.717) is 5.11 Å². The number of rotatable bonds is 7. The summed E-state index contributed by atoms with van der Waals surface area (Å²) < 4.78 is 13.6. The minimum Gasteiger partial charge on any atom is -0.497 e. The molecule has 3 aromatic heterocycles. The summed E-state index contributed by atoms with van der Waals surface area (Å²) >= 11 is 5.93. The van der Waals surface area contributed by atoms with Gasteiger partial charge in [-0.2, -0.15) is 0 Å². The number of aryl methyl sites for hydroxylation is 1. The summed E-state index contributed by atoms with van der Waals surface area (Å²) in [6.07, 6.45) is 5.53. The molecule has 5 rings (SSSR count). The van der Waals surface area contributed by atoms with Gasteiger partial charge < -0.3 is 24.3 Å². The number of ether oxygens (including phenoxy) is 2. The predicted octanol–water partition coefficient (Wildman–Crippen LogP) is 5.14. The van der Waals surface area contributed by atoms with E-state index in [1.54, 1.807) is 20.4 Å². The molecule has 184 valence electrons. The van der Waals surface area contributed by atoms with Crippen LogP contribution < -0.4 is 19.7 Å². The largest absolute Gasteiger partial charge is 0.497 e. The first-order valence-corrected chi connectivity index (χ1v) is 12.2. The second-order valence-electron chi connectivity index (χ2n) is 8.81. The average Bonchev–Trinajstić information content (AvgIpc) is 3.40. The fourth-order valence-corrected chi connectivity index (χ4v) is 5.30. The number of thiocarbonyl (C=S) groups is 1. The zero-order chi connectivity index (χ0) is 25.2. The van der Waals surface area contributed by atoms with Crippen LogP contribution in [0.2, 0.25) is 0 Å². The Morgan fingerprint density at radius 3 is 2.56 bits per heavy atom. The lowest BCUT2D eigenvalue weighted by atomic mass is 9.96. The second kappa shape index (κ2) is 9.99. The molecule has 1 aromatic carbocycles. The van der Waals surface area contributed by atoms with E-state index in [1.165, 1.54) is 17.0 Å². The molecule has 0 radical (unpaired) electrons. The molecule has 1 N–H and O–H groups in total.